The van der Waals surface area contributed by atoms with Crippen molar-refractivity contribution in [2.45, 2.75) is 26.7 Å². The average molecular weight is 425 g/mol. The summed E-state index contributed by atoms with van der Waals surface area (Å²) in [6.45, 7) is 4.09. The second kappa shape index (κ2) is 9.88. The van der Waals surface area contributed by atoms with Crippen LogP contribution in [-0.2, 0) is 12.8 Å². The molecule has 0 saturated heterocycles. The van der Waals surface area contributed by atoms with Gasteiger partial charge >= 0.3 is 6.16 Å². The number of hydrogen-bond acceptors (Lipinski definition) is 5. The molecule has 4 aromatic rings. The summed E-state index contributed by atoms with van der Waals surface area (Å²) in [6, 6.07) is 23.8. The Morgan fingerprint density at radius 1 is 0.656 bits per heavy atom. The quantitative estimate of drug-likeness (QED) is 0.363. The molecule has 2 heterocycles. The number of rotatable bonds is 6. The Morgan fingerprint density at radius 3 is 1.47 bits per heavy atom. The van der Waals surface area contributed by atoms with Gasteiger partial charge in [-0.05, 0) is 37.1 Å². The monoisotopic (exact) mass is 424 g/mol. The van der Waals surface area contributed by atoms with Crippen LogP contribution in [0, 0.1) is 13.8 Å². The van der Waals surface area contributed by atoms with Crippen LogP contribution in [0.2, 0.25) is 0 Å². The minimum Gasteiger partial charge on any atom is -0.375 e. The summed E-state index contributed by atoms with van der Waals surface area (Å²) in [4.78, 5) is 21.0. The van der Waals surface area contributed by atoms with Crippen LogP contribution >= 0.6 is 0 Å². The molecule has 0 aliphatic carbocycles. The fourth-order valence-corrected chi connectivity index (χ4v) is 3.33. The number of pyridine rings is 2. The summed E-state index contributed by atoms with van der Waals surface area (Å²) in [6.07, 6.45) is 3.51. The maximum Gasteiger partial charge on any atom is 0.522 e. The number of ether oxygens (including phenoxy) is 2. The largest absolute Gasteiger partial charge is 0.522 e. The molecule has 32 heavy (non-hydrogen) atoms. The Bertz CT molecular complexity index is 1110. The molecule has 0 amide bonds. The predicted octanol–water partition coefficient (Wildman–Crippen LogP) is 5.85. The van der Waals surface area contributed by atoms with E-state index >= 15 is 0 Å². The minimum atomic E-state index is -0.863. The summed E-state index contributed by atoms with van der Waals surface area (Å²) in [5.74, 6) is 0.461. The van der Waals surface area contributed by atoms with Gasteiger partial charge in [-0.1, -0.05) is 71.8 Å². The first-order valence-electron chi connectivity index (χ1n) is 10.5. The van der Waals surface area contributed by atoms with Crippen LogP contribution in [0.1, 0.15) is 33.4 Å². The van der Waals surface area contributed by atoms with Gasteiger partial charge in [0.2, 0.25) is 11.8 Å². The molecule has 0 aliphatic rings. The smallest absolute Gasteiger partial charge is 0.375 e. The first-order chi connectivity index (χ1) is 15.6. The zero-order chi connectivity index (χ0) is 22.3. The van der Waals surface area contributed by atoms with Gasteiger partial charge in [0.05, 0.1) is 0 Å². The molecule has 0 radical (unpaired) electrons. The number of aryl methyl sites for hydroxylation is 2. The molecule has 0 atom stereocenters. The Hall–Kier alpha value is -3.99. The van der Waals surface area contributed by atoms with Crippen molar-refractivity contribution in [2.75, 3.05) is 0 Å². The lowest BCUT2D eigenvalue weighted by Crippen LogP contribution is -2.17. The first kappa shape index (κ1) is 21.2. The van der Waals surface area contributed by atoms with Gasteiger partial charge in [0.15, 0.2) is 0 Å². The highest BCUT2D eigenvalue weighted by molar-refractivity contribution is 5.67. The maximum absolute atomic E-state index is 12.6. The van der Waals surface area contributed by atoms with E-state index in [1.807, 2.05) is 38.1 Å². The molecule has 0 aliphatic heterocycles. The zero-order valence-corrected chi connectivity index (χ0v) is 18.1. The predicted molar refractivity (Wildman–Crippen MR) is 123 cm³/mol. The van der Waals surface area contributed by atoms with E-state index < -0.39 is 6.16 Å². The second-order valence-electron chi connectivity index (χ2n) is 7.71. The number of carbonyl (C=O) groups is 1. The van der Waals surface area contributed by atoms with Gasteiger partial charge in [0, 0.05) is 36.4 Å². The molecule has 4 rings (SSSR count). The minimum absolute atomic E-state index is 0.231. The molecule has 0 unspecified atom stereocenters. The molecule has 0 fully saturated rings. The van der Waals surface area contributed by atoms with Gasteiger partial charge < -0.3 is 9.47 Å². The SMILES string of the molecule is Cc1ccc(Cc2cccnc2OC(=O)Oc2ncccc2Cc2ccc(C)cc2)cc1. The third-order valence-corrected chi connectivity index (χ3v) is 5.09. The van der Waals surface area contributed by atoms with Crippen molar-refractivity contribution in [3.63, 3.8) is 0 Å². The number of carbonyl (C=O) groups excluding carboxylic acids is 1. The number of aromatic nitrogens is 2. The highest BCUT2D eigenvalue weighted by atomic mass is 16.7. The Labute approximate surface area is 187 Å². The highest BCUT2D eigenvalue weighted by Crippen LogP contribution is 2.22. The first-order valence-corrected chi connectivity index (χ1v) is 10.5. The van der Waals surface area contributed by atoms with Crippen LogP contribution < -0.4 is 9.47 Å². The van der Waals surface area contributed by atoms with Gasteiger partial charge in [-0.15, -0.1) is 0 Å². The van der Waals surface area contributed by atoms with E-state index in [1.54, 1.807) is 12.4 Å². The summed E-state index contributed by atoms with van der Waals surface area (Å²) in [5, 5.41) is 0. The van der Waals surface area contributed by atoms with E-state index in [9.17, 15) is 4.79 Å². The molecule has 2 aromatic carbocycles. The molecular formula is C27H24N2O3. The fourth-order valence-electron chi connectivity index (χ4n) is 3.33. The van der Waals surface area contributed by atoms with Crippen LogP contribution in [0.3, 0.4) is 0 Å². The highest BCUT2D eigenvalue weighted by Gasteiger charge is 2.16. The number of hydrogen-bond donors (Lipinski definition) is 0. The van der Waals surface area contributed by atoms with Crippen molar-refractivity contribution in [1.82, 2.24) is 9.97 Å². The van der Waals surface area contributed by atoms with E-state index in [2.05, 4.69) is 58.5 Å². The van der Waals surface area contributed by atoms with Gasteiger partial charge in [-0.25, -0.2) is 14.8 Å². The Balaban J connectivity index is 1.47. The normalized spacial score (nSPS) is 10.6. The molecule has 5 heteroatoms. The van der Waals surface area contributed by atoms with Crippen LogP contribution in [0.25, 0.3) is 0 Å². The van der Waals surface area contributed by atoms with Crippen molar-refractivity contribution < 1.29 is 14.3 Å². The molecule has 5 nitrogen and oxygen atoms in total. The van der Waals surface area contributed by atoms with Gasteiger partial charge in [0.1, 0.15) is 0 Å². The lowest BCUT2D eigenvalue weighted by molar-refractivity contribution is 0.147. The van der Waals surface area contributed by atoms with E-state index in [0.717, 1.165) is 22.3 Å². The second-order valence-corrected chi connectivity index (χ2v) is 7.71. The molecule has 0 spiro atoms. The number of nitrogens with zero attached hydrogens (tertiary/aromatic N) is 2. The van der Waals surface area contributed by atoms with Crippen molar-refractivity contribution in [2.24, 2.45) is 0 Å². The number of benzene rings is 2. The Kier molecular flexibility index (Phi) is 6.56. The topological polar surface area (TPSA) is 61.3 Å². The Morgan fingerprint density at radius 2 is 1.06 bits per heavy atom. The third-order valence-electron chi connectivity index (χ3n) is 5.09. The van der Waals surface area contributed by atoms with Gasteiger partial charge in [-0.2, -0.15) is 0 Å². The lowest BCUT2D eigenvalue weighted by atomic mass is 10.0. The van der Waals surface area contributed by atoms with Gasteiger partial charge in [0.25, 0.3) is 0 Å². The van der Waals surface area contributed by atoms with E-state index in [0.29, 0.717) is 12.8 Å². The van der Waals surface area contributed by atoms with Crippen LogP contribution in [0.5, 0.6) is 11.8 Å². The average Bonchev–Trinajstić information content (AvgIpc) is 2.79. The molecule has 0 saturated carbocycles. The van der Waals surface area contributed by atoms with Crippen molar-refractivity contribution in [3.05, 3.63) is 119 Å². The lowest BCUT2D eigenvalue weighted by Gasteiger charge is -2.11. The van der Waals surface area contributed by atoms with Gasteiger partial charge in [-0.3, -0.25) is 0 Å². The summed E-state index contributed by atoms with van der Waals surface area (Å²) < 4.78 is 10.9. The van der Waals surface area contributed by atoms with Crippen LogP contribution in [0.4, 0.5) is 4.79 Å². The maximum atomic E-state index is 12.6. The van der Waals surface area contributed by atoms with Crippen LogP contribution in [-0.4, -0.2) is 16.1 Å². The third kappa shape index (κ3) is 5.58. The zero-order valence-electron chi connectivity index (χ0n) is 18.1. The van der Waals surface area contributed by atoms with E-state index in [1.165, 1.54) is 11.1 Å². The molecule has 2 aromatic heterocycles. The molecule has 0 bridgehead atoms. The summed E-state index contributed by atoms with van der Waals surface area (Å²) in [7, 11) is 0. The van der Waals surface area contributed by atoms with E-state index in [-0.39, 0.29) is 11.8 Å². The van der Waals surface area contributed by atoms with Crippen molar-refractivity contribution >= 4 is 6.16 Å². The fraction of sp³-hybridized carbons (Fsp3) is 0.148. The van der Waals surface area contributed by atoms with Crippen LogP contribution in [0.15, 0.2) is 85.2 Å². The summed E-state index contributed by atoms with van der Waals surface area (Å²) >= 11 is 0. The standard InChI is InChI=1S/C27H24N2O3/c1-19-7-11-21(12-8-19)17-23-5-3-15-28-25(23)31-27(30)32-26-24(6-4-16-29-26)18-22-13-9-20(2)10-14-22/h3-16H,17-18H2,1-2H3. The summed E-state index contributed by atoms with van der Waals surface area (Å²) in [5.41, 5.74) is 6.19. The molecular weight excluding hydrogens is 400 g/mol. The van der Waals surface area contributed by atoms with Crippen molar-refractivity contribution in [3.8, 4) is 11.8 Å². The molecule has 160 valence electrons. The molecule has 0 N–H and O–H groups in total. The van der Waals surface area contributed by atoms with E-state index in [4.69, 9.17) is 9.47 Å². The van der Waals surface area contributed by atoms with Crippen molar-refractivity contribution in [1.29, 1.82) is 0 Å².